The maximum Gasteiger partial charge on any atom is 0.119 e. The Balaban J connectivity index is 2.24. The molecule has 0 fully saturated rings. The number of aliphatic hydroxyl groups excluding tert-OH is 2. The third-order valence-electron chi connectivity index (χ3n) is 2.05. The van der Waals surface area contributed by atoms with Crippen molar-refractivity contribution in [3.8, 4) is 11.5 Å². The Bertz CT molecular complexity index is 298. The van der Waals surface area contributed by atoms with Crippen molar-refractivity contribution in [3.63, 3.8) is 0 Å². The molecular weight excluding hydrogens is 224 g/mol. The average Bonchev–Trinajstić information content (AvgIpc) is 2.37. The van der Waals surface area contributed by atoms with Crippen LogP contribution in [0.1, 0.15) is 0 Å². The van der Waals surface area contributed by atoms with Gasteiger partial charge in [-0.1, -0.05) is 0 Å². The highest BCUT2D eigenvalue weighted by Crippen LogP contribution is 2.16. The predicted molar refractivity (Wildman–Crippen MR) is 62.4 cm³/mol. The summed E-state index contributed by atoms with van der Waals surface area (Å²) >= 11 is 0. The molecule has 0 aromatic heterocycles. The second-order valence-electron chi connectivity index (χ2n) is 3.44. The van der Waals surface area contributed by atoms with E-state index >= 15 is 0 Å². The van der Waals surface area contributed by atoms with E-state index in [0.717, 1.165) is 5.75 Å². The fourth-order valence-corrected chi connectivity index (χ4v) is 1.20. The molecule has 0 aliphatic carbocycles. The highest BCUT2D eigenvalue weighted by Gasteiger charge is 2.05. The van der Waals surface area contributed by atoms with Gasteiger partial charge in [-0.2, -0.15) is 0 Å². The third kappa shape index (κ3) is 5.53. The molecule has 0 saturated carbocycles. The molecule has 96 valence electrons. The standard InChI is InChI=1S/C12H18O5/c1-15-11-2-4-12(5-3-11)17-9-10(14)8-16-7-6-13/h2-5,10,13-14H,6-9H2,1H3. The molecule has 5 nitrogen and oxygen atoms in total. The van der Waals surface area contributed by atoms with Gasteiger partial charge >= 0.3 is 0 Å². The number of aliphatic hydroxyl groups is 2. The van der Waals surface area contributed by atoms with Crippen LogP contribution in [0.15, 0.2) is 24.3 Å². The minimum atomic E-state index is -0.705. The summed E-state index contributed by atoms with van der Waals surface area (Å²) in [5.41, 5.74) is 0. The number of rotatable bonds is 8. The summed E-state index contributed by atoms with van der Waals surface area (Å²) in [4.78, 5) is 0. The highest BCUT2D eigenvalue weighted by atomic mass is 16.5. The largest absolute Gasteiger partial charge is 0.497 e. The van der Waals surface area contributed by atoms with Crippen LogP contribution in [0.4, 0.5) is 0 Å². The monoisotopic (exact) mass is 242 g/mol. The van der Waals surface area contributed by atoms with Gasteiger partial charge in [0.25, 0.3) is 0 Å². The van der Waals surface area contributed by atoms with E-state index in [2.05, 4.69) is 0 Å². The van der Waals surface area contributed by atoms with Crippen molar-refractivity contribution in [1.82, 2.24) is 0 Å². The third-order valence-corrected chi connectivity index (χ3v) is 2.05. The number of methoxy groups -OCH3 is 1. The van der Waals surface area contributed by atoms with Crippen LogP contribution >= 0.6 is 0 Å². The van der Waals surface area contributed by atoms with Gasteiger partial charge in [0.1, 0.15) is 24.2 Å². The zero-order chi connectivity index (χ0) is 12.5. The highest BCUT2D eigenvalue weighted by molar-refractivity contribution is 5.31. The molecule has 0 aliphatic heterocycles. The minimum absolute atomic E-state index is 0.0495. The Labute approximate surface area is 101 Å². The molecule has 0 radical (unpaired) electrons. The van der Waals surface area contributed by atoms with Crippen molar-refractivity contribution < 1.29 is 24.4 Å². The molecule has 0 amide bonds. The van der Waals surface area contributed by atoms with E-state index in [1.807, 2.05) is 0 Å². The van der Waals surface area contributed by atoms with Crippen molar-refractivity contribution in [2.75, 3.05) is 33.5 Å². The normalized spacial score (nSPS) is 12.2. The van der Waals surface area contributed by atoms with Crippen LogP contribution in [0.5, 0.6) is 11.5 Å². The van der Waals surface area contributed by atoms with Crippen LogP contribution in [0.3, 0.4) is 0 Å². The van der Waals surface area contributed by atoms with Crippen LogP contribution in [0, 0.1) is 0 Å². The quantitative estimate of drug-likeness (QED) is 0.648. The molecule has 0 aliphatic rings. The van der Waals surface area contributed by atoms with Gasteiger partial charge in [0.15, 0.2) is 0 Å². The summed E-state index contributed by atoms with van der Waals surface area (Å²) in [6.45, 7) is 0.472. The molecule has 1 rings (SSSR count). The van der Waals surface area contributed by atoms with Crippen molar-refractivity contribution >= 4 is 0 Å². The maximum atomic E-state index is 9.48. The second kappa shape index (κ2) is 7.89. The van der Waals surface area contributed by atoms with E-state index in [1.54, 1.807) is 31.4 Å². The van der Waals surface area contributed by atoms with Gasteiger partial charge in [0, 0.05) is 0 Å². The lowest BCUT2D eigenvalue weighted by Crippen LogP contribution is -2.24. The van der Waals surface area contributed by atoms with E-state index in [9.17, 15) is 5.11 Å². The Kier molecular flexibility index (Phi) is 6.39. The van der Waals surface area contributed by atoms with E-state index in [1.165, 1.54) is 0 Å². The van der Waals surface area contributed by atoms with Gasteiger partial charge in [0.2, 0.25) is 0 Å². The van der Waals surface area contributed by atoms with E-state index in [4.69, 9.17) is 19.3 Å². The average molecular weight is 242 g/mol. The Morgan fingerprint density at radius 1 is 1.12 bits per heavy atom. The summed E-state index contributed by atoms with van der Waals surface area (Å²) in [6, 6.07) is 7.09. The number of ether oxygens (including phenoxy) is 3. The number of hydrogen-bond acceptors (Lipinski definition) is 5. The molecule has 0 bridgehead atoms. The van der Waals surface area contributed by atoms with E-state index in [0.29, 0.717) is 5.75 Å². The fourth-order valence-electron chi connectivity index (χ4n) is 1.20. The lowest BCUT2D eigenvalue weighted by atomic mass is 10.3. The van der Waals surface area contributed by atoms with Crippen LogP contribution in [-0.4, -0.2) is 49.9 Å². The van der Waals surface area contributed by atoms with Crippen LogP contribution < -0.4 is 9.47 Å². The van der Waals surface area contributed by atoms with Crippen molar-refractivity contribution in [2.24, 2.45) is 0 Å². The first-order chi connectivity index (χ1) is 8.26. The van der Waals surface area contributed by atoms with Crippen LogP contribution in [0.2, 0.25) is 0 Å². The maximum absolute atomic E-state index is 9.48. The Morgan fingerprint density at radius 2 is 1.76 bits per heavy atom. The smallest absolute Gasteiger partial charge is 0.119 e. The first-order valence-electron chi connectivity index (χ1n) is 5.39. The number of benzene rings is 1. The van der Waals surface area contributed by atoms with Crippen LogP contribution in [-0.2, 0) is 4.74 Å². The van der Waals surface area contributed by atoms with Crippen molar-refractivity contribution in [3.05, 3.63) is 24.3 Å². The van der Waals surface area contributed by atoms with Crippen molar-refractivity contribution in [1.29, 1.82) is 0 Å². The Hall–Kier alpha value is -1.30. The summed E-state index contributed by atoms with van der Waals surface area (Å²) in [6.07, 6.45) is -0.705. The summed E-state index contributed by atoms with van der Waals surface area (Å²) in [5.74, 6) is 1.41. The molecular formula is C12H18O5. The first kappa shape index (κ1) is 13.8. The molecule has 1 aromatic rings. The van der Waals surface area contributed by atoms with E-state index in [-0.39, 0.29) is 26.4 Å². The van der Waals surface area contributed by atoms with E-state index < -0.39 is 6.10 Å². The topological polar surface area (TPSA) is 68.2 Å². The lowest BCUT2D eigenvalue weighted by molar-refractivity contribution is 0.00134. The first-order valence-corrected chi connectivity index (χ1v) is 5.39. The fraction of sp³-hybridized carbons (Fsp3) is 0.500. The van der Waals surface area contributed by atoms with Gasteiger partial charge < -0.3 is 24.4 Å². The predicted octanol–water partition coefficient (Wildman–Crippen LogP) is 0.444. The van der Waals surface area contributed by atoms with Gasteiger partial charge in [-0.15, -0.1) is 0 Å². The second-order valence-corrected chi connectivity index (χ2v) is 3.44. The lowest BCUT2D eigenvalue weighted by Gasteiger charge is -2.12. The molecule has 1 aromatic carbocycles. The molecule has 0 heterocycles. The van der Waals surface area contributed by atoms with Crippen molar-refractivity contribution in [2.45, 2.75) is 6.10 Å². The SMILES string of the molecule is COc1ccc(OCC(O)COCCO)cc1. The zero-order valence-corrected chi connectivity index (χ0v) is 9.83. The van der Waals surface area contributed by atoms with Gasteiger partial charge in [-0.3, -0.25) is 0 Å². The summed E-state index contributed by atoms with van der Waals surface area (Å²) < 4.78 is 15.3. The molecule has 17 heavy (non-hydrogen) atoms. The molecule has 5 heteroatoms. The molecule has 0 saturated heterocycles. The minimum Gasteiger partial charge on any atom is -0.497 e. The number of hydrogen-bond donors (Lipinski definition) is 2. The molecule has 1 atom stereocenters. The zero-order valence-electron chi connectivity index (χ0n) is 9.83. The summed E-state index contributed by atoms with van der Waals surface area (Å²) in [5, 5.41) is 18.0. The van der Waals surface area contributed by atoms with Gasteiger partial charge in [-0.05, 0) is 24.3 Å². The molecule has 1 unspecified atom stereocenters. The van der Waals surface area contributed by atoms with Crippen LogP contribution in [0.25, 0.3) is 0 Å². The Morgan fingerprint density at radius 3 is 2.35 bits per heavy atom. The summed E-state index contributed by atoms with van der Waals surface area (Å²) in [7, 11) is 1.60. The molecule has 2 N–H and O–H groups in total. The van der Waals surface area contributed by atoms with Gasteiger partial charge in [-0.25, -0.2) is 0 Å². The van der Waals surface area contributed by atoms with Gasteiger partial charge in [0.05, 0.1) is 26.9 Å². The molecule has 0 spiro atoms.